The van der Waals surface area contributed by atoms with Crippen molar-refractivity contribution in [3.63, 3.8) is 0 Å². The molecule has 0 aromatic heterocycles. The number of carbonyl (C=O) groups is 1. The summed E-state index contributed by atoms with van der Waals surface area (Å²) in [5.74, 6) is 1.06. The third-order valence-corrected chi connectivity index (χ3v) is 5.76. The summed E-state index contributed by atoms with van der Waals surface area (Å²) in [4.78, 5) is 12.4. The minimum absolute atomic E-state index is 0.207. The molecule has 3 aromatic carbocycles. The number of fused-ring (bicyclic) bond motifs is 1. The molecule has 0 saturated carbocycles. The monoisotopic (exact) mass is 400 g/mol. The molecule has 3 nitrogen and oxygen atoms in total. The zero-order valence-corrected chi connectivity index (χ0v) is 17.5. The number of hydrogen-bond donors (Lipinski definition) is 0. The van der Waals surface area contributed by atoms with Gasteiger partial charge in [0.15, 0.2) is 5.78 Å². The fraction of sp³-hybridized carbons (Fsp3) is 0.296. The first kappa shape index (κ1) is 20.4. The first-order valence-corrected chi connectivity index (χ1v) is 10.7. The van der Waals surface area contributed by atoms with Crippen LogP contribution in [0.4, 0.5) is 0 Å². The van der Waals surface area contributed by atoms with Crippen molar-refractivity contribution in [3.8, 4) is 5.75 Å². The van der Waals surface area contributed by atoms with Gasteiger partial charge in [-0.1, -0.05) is 66.7 Å². The van der Waals surface area contributed by atoms with E-state index in [1.165, 1.54) is 16.3 Å². The van der Waals surface area contributed by atoms with E-state index in [4.69, 9.17) is 9.47 Å². The maximum Gasteiger partial charge on any atom is 0.161 e. The molecule has 0 spiro atoms. The van der Waals surface area contributed by atoms with Crippen molar-refractivity contribution >= 4 is 16.6 Å². The number of hydrogen-bond acceptors (Lipinski definition) is 3. The van der Waals surface area contributed by atoms with Gasteiger partial charge in [-0.05, 0) is 47.2 Å². The van der Waals surface area contributed by atoms with Gasteiger partial charge in [-0.25, -0.2) is 0 Å². The lowest BCUT2D eigenvalue weighted by Gasteiger charge is -2.20. The molecule has 0 N–H and O–H groups in total. The van der Waals surface area contributed by atoms with Crippen LogP contribution < -0.4 is 4.74 Å². The van der Waals surface area contributed by atoms with E-state index in [0.717, 1.165) is 42.6 Å². The van der Waals surface area contributed by atoms with Crippen LogP contribution in [0, 0.1) is 0 Å². The molecule has 3 heteroatoms. The van der Waals surface area contributed by atoms with Crippen LogP contribution in [0.25, 0.3) is 10.8 Å². The Balaban J connectivity index is 1.56. The van der Waals surface area contributed by atoms with E-state index in [-0.39, 0.29) is 11.9 Å². The number of allylic oxidation sites excluding steroid dienone is 2. The first-order valence-electron chi connectivity index (χ1n) is 10.7. The number of rotatable bonds is 6. The first-order chi connectivity index (χ1) is 14.7. The number of carbonyl (C=O) groups excluding carboxylic acids is 1. The number of methoxy groups -OCH3 is 1. The fourth-order valence-electron chi connectivity index (χ4n) is 4.09. The van der Waals surface area contributed by atoms with E-state index in [0.29, 0.717) is 13.0 Å². The second-order valence-electron chi connectivity index (χ2n) is 7.81. The molecule has 0 heterocycles. The average molecular weight is 401 g/mol. The maximum absolute atomic E-state index is 12.4. The Hall–Kier alpha value is -2.91. The lowest BCUT2D eigenvalue weighted by molar-refractivity contribution is -0.131. The second kappa shape index (κ2) is 9.73. The second-order valence-corrected chi connectivity index (χ2v) is 7.81. The third kappa shape index (κ3) is 4.80. The molecule has 4 rings (SSSR count). The minimum atomic E-state index is -0.324. The standard InChI is InChI=1S/C27H28O3/c1-29-26-14-8-11-23(19-30-27-13-5-3-2-4-12-25(27)28)24(26)18-20-15-16-21-9-6-7-10-22(21)17-20/h2-3,6-11,14-17,27H,4-5,12-13,18-19H2,1H3/b3-2-. The van der Waals surface area contributed by atoms with Gasteiger partial charge in [-0.2, -0.15) is 0 Å². The fourth-order valence-corrected chi connectivity index (χ4v) is 4.09. The van der Waals surface area contributed by atoms with Crippen molar-refractivity contribution in [1.29, 1.82) is 0 Å². The molecule has 1 unspecified atom stereocenters. The number of Topliss-reactive ketones (excluding diaryl/α,β-unsaturated/α-hetero) is 1. The van der Waals surface area contributed by atoms with Gasteiger partial charge < -0.3 is 9.47 Å². The van der Waals surface area contributed by atoms with Crippen LogP contribution in [0.15, 0.2) is 72.8 Å². The van der Waals surface area contributed by atoms with Crippen molar-refractivity contribution < 1.29 is 14.3 Å². The molecule has 0 fully saturated rings. The molecule has 30 heavy (non-hydrogen) atoms. The van der Waals surface area contributed by atoms with Crippen molar-refractivity contribution in [2.75, 3.05) is 7.11 Å². The van der Waals surface area contributed by atoms with Crippen LogP contribution in [0.2, 0.25) is 0 Å². The summed E-state index contributed by atoms with van der Waals surface area (Å²) in [7, 11) is 1.70. The van der Waals surface area contributed by atoms with Crippen LogP contribution in [0.3, 0.4) is 0 Å². The van der Waals surface area contributed by atoms with E-state index in [2.05, 4.69) is 60.7 Å². The number of ether oxygens (including phenoxy) is 2. The Bertz CT molecular complexity index is 1050. The molecule has 154 valence electrons. The lowest BCUT2D eigenvalue weighted by Crippen LogP contribution is -2.25. The predicted octanol–water partition coefficient (Wildman–Crippen LogP) is 6.02. The largest absolute Gasteiger partial charge is 0.496 e. The molecular formula is C27H28O3. The predicted molar refractivity (Wildman–Crippen MR) is 121 cm³/mol. The van der Waals surface area contributed by atoms with Gasteiger partial charge in [-0.15, -0.1) is 0 Å². The normalized spacial score (nSPS) is 18.0. The molecule has 0 amide bonds. The number of ketones is 1. The van der Waals surface area contributed by atoms with Crippen LogP contribution in [-0.2, 0) is 22.6 Å². The van der Waals surface area contributed by atoms with Crippen LogP contribution in [0.5, 0.6) is 5.75 Å². The molecule has 0 radical (unpaired) electrons. The Kier molecular flexibility index (Phi) is 6.60. The quantitative estimate of drug-likeness (QED) is 0.474. The highest BCUT2D eigenvalue weighted by molar-refractivity contribution is 5.83. The van der Waals surface area contributed by atoms with E-state index < -0.39 is 0 Å². The summed E-state index contributed by atoms with van der Waals surface area (Å²) in [6.07, 6.45) is 7.69. The Morgan fingerprint density at radius 3 is 2.63 bits per heavy atom. The zero-order chi connectivity index (χ0) is 20.8. The summed E-state index contributed by atoms with van der Waals surface area (Å²) in [6.45, 7) is 0.417. The highest BCUT2D eigenvalue weighted by Crippen LogP contribution is 2.28. The zero-order valence-electron chi connectivity index (χ0n) is 17.5. The summed E-state index contributed by atoms with van der Waals surface area (Å²) in [5, 5.41) is 2.47. The Labute approximate surface area is 178 Å². The molecule has 0 bridgehead atoms. The molecule has 1 aliphatic carbocycles. The van der Waals surface area contributed by atoms with Crippen molar-refractivity contribution in [2.45, 2.75) is 44.8 Å². The van der Waals surface area contributed by atoms with E-state index in [1.807, 2.05) is 12.1 Å². The van der Waals surface area contributed by atoms with Gasteiger partial charge in [0.05, 0.1) is 13.7 Å². The lowest BCUT2D eigenvalue weighted by atomic mass is 9.97. The van der Waals surface area contributed by atoms with Gasteiger partial charge in [0.2, 0.25) is 0 Å². The highest BCUT2D eigenvalue weighted by Gasteiger charge is 2.20. The molecular weight excluding hydrogens is 372 g/mol. The van der Waals surface area contributed by atoms with E-state index in [1.54, 1.807) is 7.11 Å². The van der Waals surface area contributed by atoms with Crippen molar-refractivity contribution in [3.05, 3.63) is 89.5 Å². The van der Waals surface area contributed by atoms with E-state index >= 15 is 0 Å². The summed E-state index contributed by atoms with van der Waals surface area (Å²) in [5.41, 5.74) is 3.42. The number of benzene rings is 3. The van der Waals surface area contributed by atoms with Gasteiger partial charge in [0.1, 0.15) is 11.9 Å². The topological polar surface area (TPSA) is 35.5 Å². The van der Waals surface area contributed by atoms with Crippen LogP contribution in [0.1, 0.15) is 42.4 Å². The molecule has 1 aliphatic rings. The van der Waals surface area contributed by atoms with Gasteiger partial charge in [-0.3, -0.25) is 4.79 Å². The molecule has 0 saturated heterocycles. The molecule has 1 atom stereocenters. The van der Waals surface area contributed by atoms with Crippen molar-refractivity contribution in [2.24, 2.45) is 0 Å². The average Bonchev–Trinajstić information content (AvgIpc) is 2.77. The summed E-state index contributed by atoms with van der Waals surface area (Å²) in [6, 6.07) is 21.0. The molecule has 3 aromatic rings. The Morgan fingerprint density at radius 2 is 1.77 bits per heavy atom. The Morgan fingerprint density at radius 1 is 0.933 bits per heavy atom. The van der Waals surface area contributed by atoms with Crippen LogP contribution in [-0.4, -0.2) is 19.0 Å². The van der Waals surface area contributed by atoms with E-state index in [9.17, 15) is 4.79 Å². The third-order valence-electron chi connectivity index (χ3n) is 5.76. The maximum atomic E-state index is 12.4. The van der Waals surface area contributed by atoms with Gasteiger partial charge in [0, 0.05) is 18.4 Å². The van der Waals surface area contributed by atoms with Crippen molar-refractivity contribution in [1.82, 2.24) is 0 Å². The minimum Gasteiger partial charge on any atom is -0.496 e. The SMILES string of the molecule is COc1cccc(COC2CC/C=C\CCC2=O)c1Cc1ccc2ccccc2c1. The smallest absolute Gasteiger partial charge is 0.161 e. The molecule has 0 aliphatic heterocycles. The van der Waals surface area contributed by atoms with Gasteiger partial charge in [0.25, 0.3) is 0 Å². The highest BCUT2D eigenvalue weighted by atomic mass is 16.5. The summed E-state index contributed by atoms with van der Waals surface area (Å²) >= 11 is 0. The summed E-state index contributed by atoms with van der Waals surface area (Å²) < 4.78 is 11.8. The van der Waals surface area contributed by atoms with Crippen LogP contribution >= 0.6 is 0 Å². The van der Waals surface area contributed by atoms with Gasteiger partial charge >= 0.3 is 0 Å².